The quantitative estimate of drug-likeness (QED) is 0.916. The molecule has 1 N–H and O–H groups in total. The third kappa shape index (κ3) is 3.55. The van der Waals surface area contributed by atoms with E-state index in [0.717, 1.165) is 22.3 Å². The van der Waals surface area contributed by atoms with Crippen molar-refractivity contribution in [3.63, 3.8) is 0 Å². The highest BCUT2D eigenvalue weighted by Gasteiger charge is 2.02. The summed E-state index contributed by atoms with van der Waals surface area (Å²) in [6.07, 6.45) is 1.90. The zero-order valence-electron chi connectivity index (χ0n) is 10.9. The van der Waals surface area contributed by atoms with Gasteiger partial charge in [-0.3, -0.25) is 0 Å². The van der Waals surface area contributed by atoms with Crippen LogP contribution in [0.2, 0.25) is 0 Å². The molecule has 0 saturated carbocycles. The van der Waals surface area contributed by atoms with E-state index in [1.165, 1.54) is 11.1 Å². The van der Waals surface area contributed by atoms with Crippen molar-refractivity contribution in [2.75, 3.05) is 7.05 Å². The molecule has 0 aromatic carbocycles. The maximum absolute atomic E-state index is 4.50. The normalized spacial score (nSPS) is 10.6. The minimum Gasteiger partial charge on any atom is -0.316 e. The predicted octanol–water partition coefficient (Wildman–Crippen LogP) is 2.96. The Bertz CT molecular complexity index is 503. The molecule has 0 radical (unpaired) electrons. The lowest BCUT2D eigenvalue weighted by molar-refractivity contribution is 0.809. The van der Waals surface area contributed by atoms with E-state index in [4.69, 9.17) is 0 Å². The summed E-state index contributed by atoms with van der Waals surface area (Å²) in [5, 5.41) is 5.09. The van der Waals surface area contributed by atoms with Crippen LogP contribution in [0.15, 0.2) is 40.5 Å². The molecule has 3 nitrogen and oxygen atoms in total. The summed E-state index contributed by atoms with van der Waals surface area (Å²) >= 11 is 1.60. The zero-order valence-corrected chi connectivity index (χ0v) is 11.7. The molecule has 0 aliphatic heterocycles. The van der Waals surface area contributed by atoms with Crippen molar-refractivity contribution in [3.8, 4) is 0 Å². The van der Waals surface area contributed by atoms with Crippen LogP contribution in [0.5, 0.6) is 0 Å². The van der Waals surface area contributed by atoms with Gasteiger partial charge in [-0.15, -0.1) is 0 Å². The molecule has 0 atom stereocenters. The van der Waals surface area contributed by atoms with E-state index in [2.05, 4.69) is 40.4 Å². The van der Waals surface area contributed by atoms with E-state index in [9.17, 15) is 0 Å². The highest BCUT2D eigenvalue weighted by Crippen LogP contribution is 2.25. The molecule has 0 unspecified atom stereocenters. The van der Waals surface area contributed by atoms with Crippen molar-refractivity contribution in [2.45, 2.75) is 30.4 Å². The number of nitrogens with zero attached hydrogens (tertiary/aromatic N) is 2. The maximum atomic E-state index is 4.50. The van der Waals surface area contributed by atoms with E-state index in [1.54, 1.807) is 11.8 Å². The second kappa shape index (κ2) is 5.98. The number of nitrogens with one attached hydrogen (secondary N) is 1. The van der Waals surface area contributed by atoms with Crippen molar-refractivity contribution in [3.05, 3.63) is 47.3 Å². The highest BCUT2D eigenvalue weighted by molar-refractivity contribution is 7.99. The molecule has 0 aliphatic carbocycles. The number of rotatable bonds is 4. The first kappa shape index (κ1) is 13.1. The van der Waals surface area contributed by atoms with Crippen LogP contribution in [0.1, 0.15) is 16.8 Å². The third-order valence-corrected chi connectivity index (χ3v) is 3.33. The molecule has 2 aromatic rings. The van der Waals surface area contributed by atoms with E-state index < -0.39 is 0 Å². The maximum Gasteiger partial charge on any atom is 0.103 e. The van der Waals surface area contributed by atoms with E-state index >= 15 is 0 Å². The van der Waals surface area contributed by atoms with Gasteiger partial charge in [-0.05, 0) is 50.2 Å². The van der Waals surface area contributed by atoms with Gasteiger partial charge < -0.3 is 5.32 Å². The van der Waals surface area contributed by atoms with Crippen LogP contribution < -0.4 is 5.32 Å². The van der Waals surface area contributed by atoms with Gasteiger partial charge in [-0.25, -0.2) is 9.97 Å². The van der Waals surface area contributed by atoms with Crippen molar-refractivity contribution >= 4 is 11.8 Å². The van der Waals surface area contributed by atoms with Crippen LogP contribution in [-0.2, 0) is 6.54 Å². The zero-order chi connectivity index (χ0) is 13.0. The van der Waals surface area contributed by atoms with Gasteiger partial charge in [0, 0.05) is 18.4 Å². The molecular weight excluding hydrogens is 242 g/mol. The number of aryl methyl sites for hydroxylation is 2. The first-order chi connectivity index (χ1) is 8.67. The first-order valence-electron chi connectivity index (χ1n) is 5.90. The molecule has 18 heavy (non-hydrogen) atoms. The molecular formula is C14H17N3S. The second-order valence-corrected chi connectivity index (χ2v) is 5.30. The Balaban J connectivity index is 2.13. The molecule has 0 aliphatic rings. The Morgan fingerprint density at radius 1 is 1.17 bits per heavy atom. The van der Waals surface area contributed by atoms with Gasteiger partial charge in [0.25, 0.3) is 0 Å². The number of hydrogen-bond donors (Lipinski definition) is 1. The van der Waals surface area contributed by atoms with Crippen LogP contribution in [0.4, 0.5) is 0 Å². The summed E-state index contributed by atoms with van der Waals surface area (Å²) in [5.74, 6) is 0. The molecule has 2 rings (SSSR count). The molecule has 2 aromatic heterocycles. The van der Waals surface area contributed by atoms with Crippen LogP contribution >= 0.6 is 11.8 Å². The molecule has 4 heteroatoms. The van der Waals surface area contributed by atoms with Gasteiger partial charge in [-0.2, -0.15) is 0 Å². The SMILES string of the molecule is CNCc1ccc(Sc2cc(C)cc(C)n2)nc1. The third-order valence-electron chi connectivity index (χ3n) is 2.46. The van der Waals surface area contributed by atoms with E-state index in [1.807, 2.05) is 26.2 Å². The first-order valence-corrected chi connectivity index (χ1v) is 6.71. The number of hydrogen-bond acceptors (Lipinski definition) is 4. The average Bonchev–Trinajstić information content (AvgIpc) is 2.31. The van der Waals surface area contributed by atoms with E-state index in [-0.39, 0.29) is 0 Å². The van der Waals surface area contributed by atoms with Crippen molar-refractivity contribution in [1.29, 1.82) is 0 Å². The van der Waals surface area contributed by atoms with Crippen LogP contribution in [0, 0.1) is 13.8 Å². The Hall–Kier alpha value is -1.39. The second-order valence-electron chi connectivity index (χ2n) is 4.26. The number of pyridine rings is 2. The fourth-order valence-corrected chi connectivity index (χ4v) is 2.63. The summed E-state index contributed by atoms with van der Waals surface area (Å²) in [6, 6.07) is 8.29. The molecule has 0 fully saturated rings. The van der Waals surface area contributed by atoms with Crippen LogP contribution in [-0.4, -0.2) is 17.0 Å². The van der Waals surface area contributed by atoms with Crippen molar-refractivity contribution < 1.29 is 0 Å². The van der Waals surface area contributed by atoms with Gasteiger partial charge in [0.05, 0.1) is 0 Å². The van der Waals surface area contributed by atoms with E-state index in [0.29, 0.717) is 0 Å². The molecule has 2 heterocycles. The monoisotopic (exact) mass is 259 g/mol. The average molecular weight is 259 g/mol. The topological polar surface area (TPSA) is 37.8 Å². The molecule has 0 bridgehead atoms. The number of aromatic nitrogens is 2. The van der Waals surface area contributed by atoms with Gasteiger partial charge in [0.2, 0.25) is 0 Å². The van der Waals surface area contributed by atoms with Crippen LogP contribution in [0.25, 0.3) is 0 Å². The summed E-state index contributed by atoms with van der Waals surface area (Å²) in [4.78, 5) is 8.93. The summed E-state index contributed by atoms with van der Waals surface area (Å²) < 4.78 is 0. The lowest BCUT2D eigenvalue weighted by atomic mass is 10.3. The van der Waals surface area contributed by atoms with Crippen molar-refractivity contribution in [2.24, 2.45) is 0 Å². The lowest BCUT2D eigenvalue weighted by Crippen LogP contribution is -2.05. The van der Waals surface area contributed by atoms with Gasteiger partial charge in [0.1, 0.15) is 10.1 Å². The fraction of sp³-hybridized carbons (Fsp3) is 0.286. The minimum atomic E-state index is 0.847. The summed E-state index contributed by atoms with van der Waals surface area (Å²) in [5.41, 5.74) is 3.47. The Morgan fingerprint density at radius 2 is 2.00 bits per heavy atom. The molecule has 0 spiro atoms. The molecule has 0 amide bonds. The Kier molecular flexibility index (Phi) is 4.33. The predicted molar refractivity (Wildman–Crippen MR) is 74.8 cm³/mol. The van der Waals surface area contributed by atoms with Crippen LogP contribution in [0.3, 0.4) is 0 Å². The molecule has 94 valence electrons. The largest absolute Gasteiger partial charge is 0.316 e. The summed E-state index contributed by atoms with van der Waals surface area (Å²) in [7, 11) is 1.93. The van der Waals surface area contributed by atoms with Gasteiger partial charge in [-0.1, -0.05) is 17.8 Å². The standard InChI is InChI=1S/C14H17N3S/c1-10-6-11(2)17-14(7-10)18-13-5-4-12(8-15-3)9-16-13/h4-7,9,15H,8H2,1-3H3. The highest BCUT2D eigenvalue weighted by atomic mass is 32.2. The Labute approximate surface area is 112 Å². The van der Waals surface area contributed by atoms with Crippen molar-refractivity contribution in [1.82, 2.24) is 15.3 Å². The summed E-state index contributed by atoms with van der Waals surface area (Å²) in [6.45, 7) is 4.95. The smallest absolute Gasteiger partial charge is 0.103 e. The van der Waals surface area contributed by atoms with Gasteiger partial charge >= 0.3 is 0 Å². The lowest BCUT2D eigenvalue weighted by Gasteiger charge is -2.04. The molecule has 0 saturated heterocycles. The fourth-order valence-electron chi connectivity index (χ4n) is 1.74. The van der Waals surface area contributed by atoms with Gasteiger partial charge in [0.15, 0.2) is 0 Å². The Morgan fingerprint density at radius 3 is 2.61 bits per heavy atom. The minimum absolute atomic E-state index is 0.847.